The minimum Gasteiger partial charge on any atom is -0.490 e. The van der Waals surface area contributed by atoms with Crippen molar-refractivity contribution in [2.24, 2.45) is 0 Å². The van der Waals surface area contributed by atoms with Crippen molar-refractivity contribution >= 4 is 27.5 Å². The molecule has 2 aromatic carbocycles. The number of hydrogen-bond acceptors (Lipinski definition) is 5. The lowest BCUT2D eigenvalue weighted by Gasteiger charge is -2.12. The van der Waals surface area contributed by atoms with E-state index in [0.29, 0.717) is 45.6 Å². The van der Waals surface area contributed by atoms with Crippen LogP contribution in [0.4, 0.5) is 0 Å². The van der Waals surface area contributed by atoms with Crippen LogP contribution in [0.25, 0.3) is 10.1 Å². The topological polar surface area (TPSA) is 69.6 Å². The highest BCUT2D eigenvalue weighted by atomic mass is 32.1. The molecule has 0 bridgehead atoms. The van der Waals surface area contributed by atoms with Gasteiger partial charge in [-0.1, -0.05) is 29.7 Å². The number of carbonyl (C=O) groups is 1. The van der Waals surface area contributed by atoms with Crippen LogP contribution in [0.5, 0.6) is 11.5 Å². The molecule has 0 saturated heterocycles. The highest BCUT2D eigenvalue weighted by Gasteiger charge is 2.09. The highest BCUT2D eigenvalue weighted by molar-refractivity contribution is 7.13. The van der Waals surface area contributed by atoms with Crippen LogP contribution in [0, 0.1) is 0 Å². The zero-order chi connectivity index (χ0) is 21.3. The molecule has 1 aromatic heterocycles. The highest BCUT2D eigenvalue weighted by Crippen LogP contribution is 2.28. The van der Waals surface area contributed by atoms with Gasteiger partial charge in [0, 0.05) is 19.5 Å². The number of amides is 1. The van der Waals surface area contributed by atoms with Gasteiger partial charge in [0.05, 0.1) is 23.3 Å². The number of nitrogens with zero attached hydrogens (tertiary/aromatic N) is 1. The predicted molar refractivity (Wildman–Crippen MR) is 121 cm³/mol. The summed E-state index contributed by atoms with van der Waals surface area (Å²) in [6, 6.07) is 13.5. The summed E-state index contributed by atoms with van der Waals surface area (Å²) in [5.74, 6) is 1.47. The van der Waals surface area contributed by atoms with Crippen molar-refractivity contribution in [1.82, 2.24) is 9.27 Å². The average molecular weight is 429 g/mol. The molecular weight excluding hydrogens is 400 g/mol. The number of benzene rings is 2. The van der Waals surface area contributed by atoms with Gasteiger partial charge in [-0.15, -0.1) is 0 Å². The van der Waals surface area contributed by atoms with Crippen molar-refractivity contribution < 1.29 is 14.3 Å². The summed E-state index contributed by atoms with van der Waals surface area (Å²) in [5.41, 5.74) is 1.11. The van der Waals surface area contributed by atoms with Crippen LogP contribution < -0.4 is 20.3 Å². The molecule has 0 atom stereocenters. The normalized spacial score (nSPS) is 10.9. The number of ether oxygens (including phenoxy) is 2. The van der Waals surface area contributed by atoms with E-state index in [9.17, 15) is 9.59 Å². The standard InChI is InChI=1S/C23H28N2O4S/c1-3-28-19-12-11-17(16-20(19)29-4-2)13-14-24-22(26)10-7-15-25-23(27)18-8-5-6-9-21(18)30-25/h5-6,8-9,11-12,16H,3-4,7,10,13-15H2,1-2H3,(H,24,26). The third-order valence-electron chi connectivity index (χ3n) is 4.66. The maximum absolute atomic E-state index is 12.3. The fraction of sp³-hybridized carbons (Fsp3) is 0.391. The number of nitrogens with one attached hydrogen (secondary N) is 1. The first kappa shape index (κ1) is 21.9. The van der Waals surface area contributed by atoms with Crippen LogP contribution in [0.2, 0.25) is 0 Å². The summed E-state index contributed by atoms with van der Waals surface area (Å²) in [7, 11) is 0. The first-order valence-electron chi connectivity index (χ1n) is 10.4. The zero-order valence-electron chi connectivity index (χ0n) is 17.5. The van der Waals surface area contributed by atoms with E-state index >= 15 is 0 Å². The lowest BCUT2D eigenvalue weighted by atomic mass is 10.1. The fourth-order valence-electron chi connectivity index (χ4n) is 3.23. The van der Waals surface area contributed by atoms with Gasteiger partial charge in [-0.25, -0.2) is 0 Å². The molecule has 30 heavy (non-hydrogen) atoms. The Balaban J connectivity index is 1.44. The van der Waals surface area contributed by atoms with Gasteiger partial charge in [0.15, 0.2) is 11.5 Å². The largest absolute Gasteiger partial charge is 0.490 e. The molecule has 0 aliphatic heterocycles. The van der Waals surface area contributed by atoms with Gasteiger partial charge < -0.3 is 14.8 Å². The summed E-state index contributed by atoms with van der Waals surface area (Å²) in [5, 5.41) is 3.70. The van der Waals surface area contributed by atoms with Crippen molar-refractivity contribution in [3.63, 3.8) is 0 Å². The van der Waals surface area contributed by atoms with Crippen molar-refractivity contribution in [2.45, 2.75) is 39.7 Å². The lowest BCUT2D eigenvalue weighted by Crippen LogP contribution is -2.26. The Bertz CT molecular complexity index is 1040. The molecule has 0 aliphatic carbocycles. The van der Waals surface area contributed by atoms with Crippen LogP contribution in [0.15, 0.2) is 47.3 Å². The van der Waals surface area contributed by atoms with Crippen LogP contribution in [-0.4, -0.2) is 29.6 Å². The molecule has 3 aromatic rings. The van der Waals surface area contributed by atoms with Gasteiger partial charge >= 0.3 is 0 Å². The van der Waals surface area contributed by atoms with Crippen molar-refractivity contribution in [1.29, 1.82) is 0 Å². The number of carbonyl (C=O) groups excluding carboxylic acids is 1. The smallest absolute Gasteiger partial charge is 0.268 e. The maximum Gasteiger partial charge on any atom is 0.268 e. The fourth-order valence-corrected chi connectivity index (χ4v) is 4.27. The van der Waals surface area contributed by atoms with E-state index in [1.54, 1.807) is 3.96 Å². The van der Waals surface area contributed by atoms with E-state index in [4.69, 9.17) is 9.47 Å². The molecule has 0 unspecified atom stereocenters. The van der Waals surface area contributed by atoms with Gasteiger partial charge in [0.25, 0.3) is 5.56 Å². The van der Waals surface area contributed by atoms with Gasteiger partial charge in [0.1, 0.15) is 0 Å². The van der Waals surface area contributed by atoms with E-state index < -0.39 is 0 Å². The van der Waals surface area contributed by atoms with Gasteiger partial charge in [-0.3, -0.25) is 13.5 Å². The molecule has 1 heterocycles. The quantitative estimate of drug-likeness (QED) is 0.501. The van der Waals surface area contributed by atoms with Crippen molar-refractivity contribution in [3.8, 4) is 11.5 Å². The first-order valence-corrected chi connectivity index (χ1v) is 11.1. The Morgan fingerprint density at radius 3 is 2.60 bits per heavy atom. The Labute approximate surface area is 180 Å². The van der Waals surface area contributed by atoms with Crippen LogP contribution in [0.1, 0.15) is 32.3 Å². The molecule has 160 valence electrons. The third kappa shape index (κ3) is 5.63. The Hall–Kier alpha value is -2.80. The third-order valence-corrected chi connectivity index (χ3v) is 5.78. The summed E-state index contributed by atoms with van der Waals surface area (Å²) in [4.78, 5) is 24.5. The van der Waals surface area contributed by atoms with Gasteiger partial charge in [-0.05, 0) is 56.5 Å². The lowest BCUT2D eigenvalue weighted by molar-refractivity contribution is -0.121. The molecule has 0 radical (unpaired) electrons. The van der Waals surface area contributed by atoms with E-state index in [0.717, 1.165) is 27.1 Å². The molecule has 7 heteroatoms. The summed E-state index contributed by atoms with van der Waals surface area (Å²) >= 11 is 1.45. The second-order valence-corrected chi connectivity index (χ2v) is 7.91. The molecule has 1 N–H and O–H groups in total. The van der Waals surface area contributed by atoms with E-state index in [-0.39, 0.29) is 11.5 Å². The Kier molecular flexibility index (Phi) is 7.90. The minimum absolute atomic E-state index is 0.000119. The SMILES string of the molecule is CCOc1ccc(CCNC(=O)CCCn2sc3ccccc3c2=O)cc1OCC. The molecule has 6 nitrogen and oxygen atoms in total. The molecular formula is C23H28N2O4S. The minimum atomic E-state index is 0.000119. The first-order chi connectivity index (χ1) is 14.6. The van der Waals surface area contributed by atoms with E-state index in [2.05, 4.69) is 5.32 Å². The summed E-state index contributed by atoms with van der Waals surface area (Å²) in [6.45, 7) is 6.15. The second-order valence-electron chi connectivity index (χ2n) is 6.85. The average Bonchev–Trinajstić information content (AvgIpc) is 3.06. The molecule has 0 fully saturated rings. The number of aryl methyl sites for hydroxylation is 1. The van der Waals surface area contributed by atoms with Crippen LogP contribution >= 0.6 is 11.5 Å². The Morgan fingerprint density at radius 2 is 1.83 bits per heavy atom. The number of rotatable bonds is 11. The second kappa shape index (κ2) is 10.8. The zero-order valence-corrected chi connectivity index (χ0v) is 18.3. The van der Waals surface area contributed by atoms with E-state index in [1.165, 1.54) is 11.5 Å². The van der Waals surface area contributed by atoms with Crippen LogP contribution in [-0.2, 0) is 17.8 Å². The maximum atomic E-state index is 12.3. The van der Waals surface area contributed by atoms with Crippen LogP contribution in [0.3, 0.4) is 0 Å². The molecule has 0 spiro atoms. The summed E-state index contributed by atoms with van der Waals surface area (Å²) < 4.78 is 13.9. The van der Waals surface area contributed by atoms with E-state index in [1.807, 2.05) is 56.3 Å². The van der Waals surface area contributed by atoms with Gasteiger partial charge in [-0.2, -0.15) is 0 Å². The molecule has 0 aliphatic rings. The van der Waals surface area contributed by atoms with Crippen molar-refractivity contribution in [3.05, 3.63) is 58.4 Å². The number of aromatic nitrogens is 1. The Morgan fingerprint density at radius 1 is 1.07 bits per heavy atom. The number of fused-ring (bicyclic) bond motifs is 1. The summed E-state index contributed by atoms with van der Waals surface area (Å²) in [6.07, 6.45) is 1.75. The molecule has 0 saturated carbocycles. The predicted octanol–water partition coefficient (Wildman–Crippen LogP) is 4.00. The number of hydrogen-bond donors (Lipinski definition) is 1. The van der Waals surface area contributed by atoms with Gasteiger partial charge in [0.2, 0.25) is 5.91 Å². The monoisotopic (exact) mass is 428 g/mol. The molecule has 1 amide bonds. The van der Waals surface area contributed by atoms with Crippen molar-refractivity contribution in [2.75, 3.05) is 19.8 Å². The molecule has 3 rings (SSSR count).